The average Bonchev–Trinajstić information content (AvgIpc) is 2.81. The number of hydrogen-bond acceptors (Lipinski definition) is 1. The second-order valence-corrected chi connectivity index (χ2v) is 5.30. The van der Waals surface area contributed by atoms with Gasteiger partial charge < -0.3 is 4.90 Å². The van der Waals surface area contributed by atoms with Gasteiger partial charge in [0.15, 0.2) is 0 Å². The zero-order valence-corrected chi connectivity index (χ0v) is 10.5. The Labute approximate surface area is 110 Å². The lowest BCUT2D eigenvalue weighted by atomic mass is 9.86. The number of likely N-dealkylation sites (tertiary alicyclic amines) is 1. The zero-order valence-electron chi connectivity index (χ0n) is 10.5. The van der Waals surface area contributed by atoms with Crippen molar-refractivity contribution in [3.8, 4) is 0 Å². The first-order valence-corrected chi connectivity index (χ1v) is 6.54. The Kier molecular flexibility index (Phi) is 3.09. The Morgan fingerprint density at radius 3 is 2.32 bits per heavy atom. The highest BCUT2D eigenvalue weighted by atomic mass is 19.1. The summed E-state index contributed by atoms with van der Waals surface area (Å²) in [5.74, 6) is -0.798. The van der Waals surface area contributed by atoms with Crippen molar-refractivity contribution in [3.05, 3.63) is 47.5 Å². The van der Waals surface area contributed by atoms with Crippen LogP contribution < -0.4 is 0 Å². The van der Waals surface area contributed by atoms with Crippen LogP contribution in [0.1, 0.15) is 23.2 Å². The molecule has 1 aliphatic carbocycles. The van der Waals surface area contributed by atoms with Gasteiger partial charge in [0.05, 0.1) is 5.56 Å². The molecule has 0 bridgehead atoms. The standard InChI is InChI=1S/C15H15F2NO/c16-12-5-6-13(14(17)7-12)15(19)18-8-10-3-1-2-4-11(10)9-18/h1-2,5-7,10-11H,3-4,8-9H2. The van der Waals surface area contributed by atoms with Crippen LogP contribution in [-0.2, 0) is 0 Å². The van der Waals surface area contributed by atoms with Crippen LogP contribution in [0.3, 0.4) is 0 Å². The number of benzene rings is 1. The van der Waals surface area contributed by atoms with Gasteiger partial charge >= 0.3 is 0 Å². The maximum absolute atomic E-state index is 13.6. The summed E-state index contributed by atoms with van der Waals surface area (Å²) in [7, 11) is 0. The highest BCUT2D eigenvalue weighted by Gasteiger charge is 2.35. The lowest BCUT2D eigenvalue weighted by Gasteiger charge is -2.17. The number of rotatable bonds is 1. The molecule has 0 radical (unpaired) electrons. The van der Waals surface area contributed by atoms with Gasteiger partial charge in [0.1, 0.15) is 11.6 Å². The van der Waals surface area contributed by atoms with Gasteiger partial charge in [0.2, 0.25) is 0 Å². The maximum atomic E-state index is 13.6. The molecule has 2 nitrogen and oxygen atoms in total. The molecule has 100 valence electrons. The average molecular weight is 263 g/mol. The molecule has 3 rings (SSSR count). The Morgan fingerprint density at radius 2 is 1.74 bits per heavy atom. The van der Waals surface area contributed by atoms with Crippen molar-refractivity contribution < 1.29 is 13.6 Å². The summed E-state index contributed by atoms with van der Waals surface area (Å²) in [6.45, 7) is 1.34. The molecule has 0 saturated carbocycles. The molecule has 1 fully saturated rings. The summed E-state index contributed by atoms with van der Waals surface area (Å²) in [4.78, 5) is 14.0. The van der Waals surface area contributed by atoms with E-state index >= 15 is 0 Å². The number of carbonyl (C=O) groups is 1. The van der Waals surface area contributed by atoms with Crippen LogP contribution in [0.25, 0.3) is 0 Å². The topological polar surface area (TPSA) is 20.3 Å². The van der Waals surface area contributed by atoms with Crippen LogP contribution in [0.5, 0.6) is 0 Å². The second kappa shape index (κ2) is 4.76. The van der Waals surface area contributed by atoms with E-state index in [4.69, 9.17) is 0 Å². The molecule has 2 atom stereocenters. The third-order valence-corrected chi connectivity index (χ3v) is 4.07. The summed E-state index contributed by atoms with van der Waals surface area (Å²) < 4.78 is 26.5. The van der Waals surface area contributed by atoms with Crippen LogP contribution >= 0.6 is 0 Å². The fourth-order valence-corrected chi connectivity index (χ4v) is 3.01. The fraction of sp³-hybridized carbons (Fsp3) is 0.400. The van der Waals surface area contributed by atoms with Crippen LogP contribution in [0.2, 0.25) is 0 Å². The fourth-order valence-electron chi connectivity index (χ4n) is 3.01. The minimum Gasteiger partial charge on any atom is -0.338 e. The molecule has 1 amide bonds. The molecule has 2 aliphatic rings. The van der Waals surface area contributed by atoms with Gasteiger partial charge in [-0.25, -0.2) is 8.78 Å². The zero-order chi connectivity index (χ0) is 13.4. The number of hydrogen-bond donors (Lipinski definition) is 0. The number of nitrogens with zero attached hydrogens (tertiary/aromatic N) is 1. The van der Waals surface area contributed by atoms with E-state index in [1.54, 1.807) is 4.90 Å². The molecule has 1 saturated heterocycles. The first-order chi connectivity index (χ1) is 9.15. The molecule has 1 aromatic carbocycles. The molecule has 1 aliphatic heterocycles. The van der Waals surface area contributed by atoms with Crippen LogP contribution in [0.15, 0.2) is 30.4 Å². The molecule has 0 N–H and O–H groups in total. The van der Waals surface area contributed by atoms with Crippen molar-refractivity contribution in [2.75, 3.05) is 13.1 Å². The van der Waals surface area contributed by atoms with E-state index < -0.39 is 11.6 Å². The highest BCUT2D eigenvalue weighted by molar-refractivity contribution is 5.94. The molecule has 0 aromatic heterocycles. The van der Waals surface area contributed by atoms with E-state index in [0.29, 0.717) is 24.9 Å². The Bertz CT molecular complexity index is 525. The van der Waals surface area contributed by atoms with E-state index in [-0.39, 0.29) is 11.5 Å². The first-order valence-electron chi connectivity index (χ1n) is 6.54. The quantitative estimate of drug-likeness (QED) is 0.713. The van der Waals surface area contributed by atoms with Crippen LogP contribution in [0.4, 0.5) is 8.78 Å². The molecule has 0 spiro atoms. The van der Waals surface area contributed by atoms with Crippen molar-refractivity contribution in [1.82, 2.24) is 4.90 Å². The monoisotopic (exact) mass is 263 g/mol. The van der Waals surface area contributed by atoms with Gasteiger partial charge in [-0.1, -0.05) is 12.2 Å². The molecule has 1 heterocycles. The second-order valence-electron chi connectivity index (χ2n) is 5.30. The van der Waals surface area contributed by atoms with E-state index in [2.05, 4.69) is 12.2 Å². The molecular weight excluding hydrogens is 248 g/mol. The van der Waals surface area contributed by atoms with E-state index in [1.807, 2.05) is 0 Å². The molecule has 2 unspecified atom stereocenters. The van der Waals surface area contributed by atoms with Crippen molar-refractivity contribution in [2.24, 2.45) is 11.8 Å². The summed E-state index contributed by atoms with van der Waals surface area (Å²) in [6, 6.07) is 3.12. The Balaban J connectivity index is 1.78. The number of fused-ring (bicyclic) bond motifs is 1. The van der Waals surface area contributed by atoms with E-state index in [1.165, 1.54) is 6.07 Å². The lowest BCUT2D eigenvalue weighted by molar-refractivity contribution is 0.0779. The van der Waals surface area contributed by atoms with Crippen molar-refractivity contribution >= 4 is 5.91 Å². The third-order valence-electron chi connectivity index (χ3n) is 4.07. The number of amides is 1. The summed E-state index contributed by atoms with van der Waals surface area (Å²) in [5.41, 5.74) is -0.0343. The molecule has 4 heteroatoms. The molecule has 19 heavy (non-hydrogen) atoms. The Morgan fingerprint density at radius 1 is 1.11 bits per heavy atom. The predicted molar refractivity (Wildman–Crippen MR) is 67.6 cm³/mol. The van der Waals surface area contributed by atoms with Gasteiger partial charge in [-0.15, -0.1) is 0 Å². The SMILES string of the molecule is O=C(c1ccc(F)cc1F)N1CC2CC=CCC2C1. The summed E-state index contributed by atoms with van der Waals surface area (Å²) >= 11 is 0. The maximum Gasteiger partial charge on any atom is 0.256 e. The largest absolute Gasteiger partial charge is 0.338 e. The molecular formula is C15H15F2NO. The molecule has 1 aromatic rings. The summed E-state index contributed by atoms with van der Waals surface area (Å²) in [5, 5.41) is 0. The number of carbonyl (C=O) groups excluding carboxylic acids is 1. The van der Waals surface area contributed by atoms with Crippen molar-refractivity contribution in [1.29, 1.82) is 0 Å². The van der Waals surface area contributed by atoms with Crippen molar-refractivity contribution in [2.45, 2.75) is 12.8 Å². The smallest absolute Gasteiger partial charge is 0.256 e. The van der Waals surface area contributed by atoms with Gasteiger partial charge in [-0.3, -0.25) is 4.79 Å². The van der Waals surface area contributed by atoms with Gasteiger partial charge in [0, 0.05) is 19.2 Å². The Hall–Kier alpha value is -1.71. The third kappa shape index (κ3) is 2.27. The number of halogens is 2. The van der Waals surface area contributed by atoms with Gasteiger partial charge in [-0.2, -0.15) is 0 Å². The van der Waals surface area contributed by atoms with Crippen molar-refractivity contribution in [3.63, 3.8) is 0 Å². The highest BCUT2D eigenvalue weighted by Crippen LogP contribution is 2.33. The predicted octanol–water partition coefficient (Wildman–Crippen LogP) is 3.00. The van der Waals surface area contributed by atoms with E-state index in [0.717, 1.165) is 25.0 Å². The summed E-state index contributed by atoms with van der Waals surface area (Å²) in [6.07, 6.45) is 6.27. The first kappa shape index (κ1) is 12.3. The van der Waals surface area contributed by atoms with Crippen LogP contribution in [-0.4, -0.2) is 23.9 Å². The van der Waals surface area contributed by atoms with Gasteiger partial charge in [-0.05, 0) is 36.8 Å². The van der Waals surface area contributed by atoms with E-state index in [9.17, 15) is 13.6 Å². The normalized spacial score (nSPS) is 25.5. The number of allylic oxidation sites excluding steroid dienone is 2. The van der Waals surface area contributed by atoms with Crippen LogP contribution in [0, 0.1) is 23.5 Å². The lowest BCUT2D eigenvalue weighted by Crippen LogP contribution is -2.29. The minimum absolute atomic E-state index is 0.0343. The minimum atomic E-state index is -0.780. The van der Waals surface area contributed by atoms with Gasteiger partial charge in [0.25, 0.3) is 5.91 Å².